The highest BCUT2D eigenvalue weighted by Gasteiger charge is 2.39. The lowest BCUT2D eigenvalue weighted by Crippen LogP contribution is -2.46. The molecule has 18 N–H and O–H groups in total. The van der Waals surface area contributed by atoms with Crippen LogP contribution in [0.2, 0.25) is 0 Å². The summed E-state index contributed by atoms with van der Waals surface area (Å²) in [5.74, 6) is -4.82. The van der Waals surface area contributed by atoms with Gasteiger partial charge in [0.15, 0.2) is 0 Å². The molecule has 0 aliphatic carbocycles. The molecule has 0 radical (unpaired) electrons. The second-order valence-electron chi connectivity index (χ2n) is 31.7. The minimum Gasteiger partial charge on any atom is -0.490 e. The van der Waals surface area contributed by atoms with E-state index in [1.165, 1.54) is 92.2 Å². The summed E-state index contributed by atoms with van der Waals surface area (Å²) in [6, 6.07) is 29.4. The van der Waals surface area contributed by atoms with Gasteiger partial charge in [0.05, 0.1) is 111 Å². The molecule has 4 aromatic heterocycles. The average Bonchev–Trinajstić information content (AvgIpc) is 0.799. The molecule has 37 heteroatoms. The van der Waals surface area contributed by atoms with Crippen molar-refractivity contribution in [2.45, 2.75) is 103 Å². The SMILES string of the molecule is CC1CCC(c2ccc3c(c2)OCCN3)NC1.C[C@@H]1CC[C@@H](c2ccc3c(c2)OCCN3)N(C(=O)C(=O)Nc2cncc(C(N)=O)c2)C1.C[C@H]1CC[C@H](c2ccc3c(c2)OCCN3)N(C(=O)C(=O)Nc2cncc(C(N)=O)c2)C1.C[C@H]1CC[C@H](c2ccc3c(c2)OCCN3)N(C(=O)C(=O)Nc2cncc(C(N)=O)c2)C1.NC(=O)c1cncc(NC(=O)C(=O)O)c1. The third-order valence-corrected chi connectivity index (χ3v) is 22.1. The second kappa shape index (κ2) is 41.8. The fraction of sp³-hybridized carbons (Fsp3) is 0.364. The zero-order valence-electron chi connectivity index (χ0n) is 69.5. The lowest BCUT2D eigenvalue weighted by molar-refractivity contribution is -0.147. The first-order chi connectivity index (χ1) is 60.1. The third-order valence-electron chi connectivity index (χ3n) is 22.1. The van der Waals surface area contributed by atoms with Crippen LogP contribution < -0.4 is 89.7 Å². The molecule has 37 nitrogen and oxygen atoms in total. The Bertz CT molecular complexity index is 4970. The van der Waals surface area contributed by atoms with E-state index in [1.807, 2.05) is 59.9 Å². The van der Waals surface area contributed by atoms with Crippen LogP contribution in [0, 0.1) is 23.7 Å². The largest absolute Gasteiger partial charge is 0.490 e. The Morgan fingerprint density at radius 1 is 0.352 bits per heavy atom. The molecule has 12 heterocycles. The maximum atomic E-state index is 13.1. The van der Waals surface area contributed by atoms with Crippen molar-refractivity contribution in [3.05, 3.63) is 191 Å². The van der Waals surface area contributed by atoms with Crippen molar-refractivity contribution in [1.29, 1.82) is 0 Å². The molecule has 8 aliphatic rings. The number of hydrogen-bond donors (Lipinski definition) is 14. The van der Waals surface area contributed by atoms with Gasteiger partial charge in [0.1, 0.15) is 49.4 Å². The van der Waals surface area contributed by atoms with E-state index >= 15 is 0 Å². The van der Waals surface area contributed by atoms with Crippen LogP contribution >= 0.6 is 0 Å². The molecule has 4 fully saturated rings. The fourth-order valence-corrected chi connectivity index (χ4v) is 15.6. The number of benzene rings is 4. The fourth-order valence-electron chi connectivity index (χ4n) is 15.6. The molecule has 4 aromatic carbocycles. The number of likely N-dealkylation sites (tertiary alicyclic amines) is 3. The van der Waals surface area contributed by atoms with E-state index in [9.17, 15) is 57.5 Å². The van der Waals surface area contributed by atoms with E-state index in [-0.39, 0.29) is 80.9 Å². The number of piperidine rings is 4. The first-order valence-corrected chi connectivity index (χ1v) is 41.2. The molecule has 0 spiro atoms. The van der Waals surface area contributed by atoms with Gasteiger partial charge in [0.2, 0.25) is 23.6 Å². The molecule has 656 valence electrons. The Morgan fingerprint density at radius 3 is 0.896 bits per heavy atom. The Kier molecular flexibility index (Phi) is 30.0. The summed E-state index contributed by atoms with van der Waals surface area (Å²) in [7, 11) is 0. The maximum Gasteiger partial charge on any atom is 0.394 e. The highest BCUT2D eigenvalue weighted by molar-refractivity contribution is 6.41. The molecular weight excluding hydrogens is 1610 g/mol. The zero-order chi connectivity index (χ0) is 89.0. The van der Waals surface area contributed by atoms with Crippen molar-refractivity contribution in [2.24, 2.45) is 46.6 Å². The van der Waals surface area contributed by atoms with Gasteiger partial charge in [-0.15, -0.1) is 0 Å². The average molecular weight is 1710 g/mol. The van der Waals surface area contributed by atoms with Crippen LogP contribution in [0.5, 0.6) is 23.0 Å². The standard InChI is InChI=1S/3C22H25N5O4.C14H20N2O.C8H7N3O4/c3*1-13-2-5-18(14-3-4-17-19(9-14)31-7-6-25-17)27(12-13)22(30)21(29)26-16-8-15(20(23)28)10-24-11-16;1-10-2-4-12(16-9-10)11-3-5-13-14(8-11)17-7-6-15-13;9-6(12)4-1-5(3-10-2-4)11-7(13)8(14)15/h3*3-4,8-11,13,18,25H,2,5-7,12H2,1H3,(H2,23,28)(H,26,29);3,5,8,10,12,15-16H,2,4,6-7,9H2,1H3;1-3H,(H2,9,12)(H,11,13)(H,14,15)/t3*13-,18+;;/m100../s1. The summed E-state index contributed by atoms with van der Waals surface area (Å²) in [4.78, 5) is 163. The molecular formula is C88H102N20O17. The van der Waals surface area contributed by atoms with Gasteiger partial charge in [0.25, 0.3) is 0 Å². The van der Waals surface area contributed by atoms with Crippen molar-refractivity contribution in [3.63, 3.8) is 0 Å². The summed E-state index contributed by atoms with van der Waals surface area (Å²) in [6.45, 7) is 16.8. The predicted octanol–water partition coefficient (Wildman–Crippen LogP) is 7.52. The molecule has 11 amide bonds. The first kappa shape index (κ1) is 89.7. The van der Waals surface area contributed by atoms with Gasteiger partial charge in [-0.25, -0.2) is 4.79 Å². The van der Waals surface area contributed by atoms with Gasteiger partial charge in [0, 0.05) is 76.6 Å². The van der Waals surface area contributed by atoms with E-state index < -0.39 is 70.9 Å². The quantitative estimate of drug-likeness (QED) is 0.0525. The normalized spacial score (nSPS) is 19.9. The Morgan fingerprint density at radius 2 is 0.624 bits per heavy atom. The number of ether oxygens (including phenoxy) is 4. The van der Waals surface area contributed by atoms with Crippen LogP contribution in [-0.4, -0.2) is 189 Å². The molecule has 0 saturated carbocycles. The van der Waals surface area contributed by atoms with E-state index in [0.29, 0.717) is 45.5 Å². The highest BCUT2D eigenvalue weighted by atomic mass is 16.5. The number of rotatable bonds is 12. The minimum atomic E-state index is -1.63. The number of anilines is 8. The third kappa shape index (κ3) is 23.8. The summed E-state index contributed by atoms with van der Waals surface area (Å²) in [5, 5.41) is 34.8. The molecule has 4 saturated heterocycles. The summed E-state index contributed by atoms with van der Waals surface area (Å²) >= 11 is 0. The molecule has 2 unspecified atom stereocenters. The van der Waals surface area contributed by atoms with Crippen molar-refractivity contribution in [3.8, 4) is 23.0 Å². The minimum absolute atomic E-state index is 0.0817. The van der Waals surface area contributed by atoms with Gasteiger partial charge in [-0.05, 0) is 177 Å². The van der Waals surface area contributed by atoms with Gasteiger partial charge < -0.3 is 110 Å². The van der Waals surface area contributed by atoms with Crippen molar-refractivity contribution in [2.75, 3.05) is 121 Å². The number of aromatic nitrogens is 4. The number of hydrogen-bond acceptors (Lipinski definition) is 25. The summed E-state index contributed by atoms with van der Waals surface area (Å²) < 4.78 is 22.9. The number of carbonyl (C=O) groups is 12. The van der Waals surface area contributed by atoms with Gasteiger partial charge in [-0.2, -0.15) is 0 Å². The first-order valence-electron chi connectivity index (χ1n) is 41.2. The van der Waals surface area contributed by atoms with Crippen LogP contribution in [-0.2, 0) is 38.4 Å². The maximum absolute atomic E-state index is 13.1. The number of fused-ring (bicyclic) bond motifs is 4. The summed E-state index contributed by atoms with van der Waals surface area (Å²) in [6.07, 6.45) is 18.1. The monoisotopic (exact) mass is 1710 g/mol. The molecule has 8 atom stereocenters. The van der Waals surface area contributed by atoms with Gasteiger partial charge in [-0.3, -0.25) is 72.7 Å². The predicted molar refractivity (Wildman–Crippen MR) is 463 cm³/mol. The van der Waals surface area contributed by atoms with E-state index in [0.717, 1.165) is 146 Å². The lowest BCUT2D eigenvalue weighted by atomic mass is 9.89. The van der Waals surface area contributed by atoms with E-state index in [4.69, 9.17) is 47.0 Å². The van der Waals surface area contributed by atoms with Crippen molar-refractivity contribution in [1.82, 2.24) is 40.0 Å². The zero-order valence-corrected chi connectivity index (χ0v) is 69.5. The number of pyridine rings is 4. The van der Waals surface area contributed by atoms with E-state index in [1.54, 1.807) is 14.7 Å². The van der Waals surface area contributed by atoms with Crippen LogP contribution in [0.3, 0.4) is 0 Å². The smallest absolute Gasteiger partial charge is 0.394 e. The molecule has 16 rings (SSSR count). The second-order valence-corrected chi connectivity index (χ2v) is 31.7. The Balaban J connectivity index is 0.000000146. The topological polar surface area (TPSA) is 536 Å². The molecule has 125 heavy (non-hydrogen) atoms. The Labute approximate surface area is 720 Å². The van der Waals surface area contributed by atoms with Gasteiger partial charge in [-0.1, -0.05) is 52.0 Å². The highest BCUT2D eigenvalue weighted by Crippen LogP contribution is 2.42. The van der Waals surface area contributed by atoms with Gasteiger partial charge >= 0.3 is 47.3 Å². The number of aliphatic carboxylic acids is 1. The molecule has 8 aliphatic heterocycles. The summed E-state index contributed by atoms with van der Waals surface area (Å²) in [5.41, 5.74) is 30.2. The van der Waals surface area contributed by atoms with E-state index in [2.05, 4.69) is 108 Å². The Hall–Kier alpha value is -14.5. The number of carbonyl (C=O) groups excluding carboxylic acids is 11. The van der Waals surface area contributed by atoms with Crippen LogP contribution in [0.4, 0.5) is 45.5 Å². The lowest BCUT2D eigenvalue weighted by Gasteiger charge is -2.39. The number of primary amides is 4. The molecule has 8 aromatic rings. The van der Waals surface area contributed by atoms with Crippen molar-refractivity contribution < 1.29 is 81.6 Å². The van der Waals surface area contributed by atoms with Crippen LogP contribution in [0.1, 0.15) is 167 Å². The van der Waals surface area contributed by atoms with Crippen molar-refractivity contribution >= 4 is 116 Å². The molecule has 0 bridgehead atoms. The number of nitrogens with one attached hydrogen (secondary N) is 9. The number of nitrogens with two attached hydrogens (primary N) is 4. The van der Waals surface area contributed by atoms with Crippen LogP contribution in [0.25, 0.3) is 0 Å². The van der Waals surface area contributed by atoms with Crippen LogP contribution in [0.15, 0.2) is 147 Å². The number of amides is 11. The number of nitrogens with zero attached hydrogens (tertiary/aromatic N) is 7. The number of carboxylic acid groups (broad SMARTS) is 1. The number of carboxylic acids is 1.